The van der Waals surface area contributed by atoms with Crippen LogP contribution in [-0.2, 0) is 4.79 Å². The molecule has 1 saturated heterocycles. The van der Waals surface area contributed by atoms with Gasteiger partial charge in [-0.3, -0.25) is 9.69 Å². The molecule has 1 aromatic carbocycles. The largest absolute Gasteiger partial charge is 0.468 e. The second kappa shape index (κ2) is 11.0. The van der Waals surface area contributed by atoms with Crippen LogP contribution >= 0.6 is 0 Å². The first-order valence-electron chi connectivity index (χ1n) is 13.6. The molecule has 1 aliphatic heterocycles. The van der Waals surface area contributed by atoms with Gasteiger partial charge in [0.2, 0.25) is 17.7 Å². The molecule has 2 fully saturated rings. The summed E-state index contributed by atoms with van der Waals surface area (Å²) >= 11 is 0. The van der Waals surface area contributed by atoms with E-state index in [0.717, 1.165) is 11.9 Å². The summed E-state index contributed by atoms with van der Waals surface area (Å²) in [6.45, 7) is 2.55. The molecule has 2 atom stereocenters. The van der Waals surface area contributed by atoms with E-state index in [1.54, 1.807) is 24.4 Å². The van der Waals surface area contributed by atoms with Crippen molar-refractivity contribution in [3.8, 4) is 17.1 Å². The van der Waals surface area contributed by atoms with E-state index in [2.05, 4.69) is 35.1 Å². The Kier molecular flexibility index (Phi) is 7.36. The van der Waals surface area contributed by atoms with Gasteiger partial charge in [0.25, 0.3) is 5.92 Å². The van der Waals surface area contributed by atoms with E-state index in [9.17, 15) is 26.7 Å². The number of H-pyrrole nitrogens is 1. The predicted molar refractivity (Wildman–Crippen MR) is 146 cm³/mol. The molecule has 1 unspecified atom stereocenters. The standard InChI is InChI=1S/C28H27F5N8O2/c1-16(40-6-8-41(9-7-40)25(42)19-13-27(19,29)30)17-4-5-34-23(11-17)39-26-37-20-3-2-18(10-22(20)38-26)21-12-24(36-15-35-21)43-14-28(31,32)33/h2-5,10-12,15-16,19H,6-9,13-14H2,1H3,(H2,34,37,38,39)/t16?,19-/m0/s1. The molecule has 2 aliphatic rings. The maximum atomic E-state index is 13.3. The van der Waals surface area contributed by atoms with Gasteiger partial charge in [-0.15, -0.1) is 0 Å². The molecule has 0 bridgehead atoms. The summed E-state index contributed by atoms with van der Waals surface area (Å²) in [5, 5.41) is 3.17. The van der Waals surface area contributed by atoms with E-state index in [-0.39, 0.29) is 18.3 Å². The second-order valence-corrected chi connectivity index (χ2v) is 10.6. The Balaban J connectivity index is 1.10. The molecule has 4 aromatic rings. The highest BCUT2D eigenvalue weighted by Crippen LogP contribution is 2.49. The smallest absolute Gasteiger partial charge is 0.422 e. The van der Waals surface area contributed by atoms with Crippen LogP contribution in [0.5, 0.6) is 5.88 Å². The first-order chi connectivity index (χ1) is 20.4. The van der Waals surface area contributed by atoms with E-state index in [4.69, 9.17) is 4.74 Å². The zero-order chi connectivity index (χ0) is 30.4. The SMILES string of the molecule is CC(c1ccnc(Nc2nc3ccc(-c4cc(OCC(F)(F)F)ncn4)cc3[nH]2)c1)N1CCN(C(=O)[C@@H]2CC2(F)F)CC1. The van der Waals surface area contributed by atoms with Gasteiger partial charge in [0.1, 0.15) is 18.1 Å². The number of carbonyl (C=O) groups is 1. The number of piperazine rings is 1. The minimum atomic E-state index is -4.48. The summed E-state index contributed by atoms with van der Waals surface area (Å²) < 4.78 is 68.9. The number of halogens is 5. The van der Waals surface area contributed by atoms with Crippen LogP contribution in [0, 0.1) is 5.92 Å². The third-order valence-electron chi connectivity index (χ3n) is 7.61. The lowest BCUT2D eigenvalue weighted by molar-refractivity contribution is -0.154. The number of aromatic nitrogens is 5. The topological polar surface area (TPSA) is 112 Å². The predicted octanol–water partition coefficient (Wildman–Crippen LogP) is 4.96. The van der Waals surface area contributed by atoms with Gasteiger partial charge in [-0.25, -0.2) is 28.7 Å². The Labute approximate surface area is 242 Å². The van der Waals surface area contributed by atoms with Gasteiger partial charge in [-0.2, -0.15) is 13.2 Å². The fraction of sp³-hybridized carbons (Fsp3) is 0.393. The van der Waals surface area contributed by atoms with Crippen LogP contribution in [0.15, 0.2) is 48.9 Å². The van der Waals surface area contributed by atoms with E-state index in [0.29, 0.717) is 60.2 Å². The van der Waals surface area contributed by atoms with Gasteiger partial charge < -0.3 is 19.9 Å². The zero-order valence-electron chi connectivity index (χ0n) is 22.9. The van der Waals surface area contributed by atoms with Crippen molar-refractivity contribution in [1.82, 2.24) is 34.7 Å². The number of alkyl halides is 5. The Hall–Kier alpha value is -4.40. The minimum Gasteiger partial charge on any atom is -0.468 e. The lowest BCUT2D eigenvalue weighted by Crippen LogP contribution is -2.50. The summed E-state index contributed by atoms with van der Waals surface area (Å²) in [6.07, 6.45) is -2.02. The summed E-state index contributed by atoms with van der Waals surface area (Å²) in [5.74, 6) is -3.68. The average molecular weight is 603 g/mol. The van der Waals surface area contributed by atoms with Crippen molar-refractivity contribution in [3.63, 3.8) is 0 Å². The second-order valence-electron chi connectivity index (χ2n) is 10.6. The molecular weight excluding hydrogens is 575 g/mol. The molecule has 4 heterocycles. The number of anilines is 2. The van der Waals surface area contributed by atoms with E-state index in [1.165, 1.54) is 11.0 Å². The molecule has 6 rings (SSSR count). The Morgan fingerprint density at radius 3 is 2.60 bits per heavy atom. The molecule has 0 spiro atoms. The highest BCUT2D eigenvalue weighted by molar-refractivity contribution is 5.84. The van der Waals surface area contributed by atoms with Crippen molar-refractivity contribution in [2.75, 3.05) is 38.1 Å². The Morgan fingerprint density at radius 1 is 1.12 bits per heavy atom. The van der Waals surface area contributed by atoms with Gasteiger partial charge in [0, 0.05) is 56.5 Å². The molecule has 1 saturated carbocycles. The molecule has 0 radical (unpaired) electrons. The van der Waals surface area contributed by atoms with Crippen molar-refractivity contribution in [3.05, 3.63) is 54.5 Å². The zero-order valence-corrected chi connectivity index (χ0v) is 22.9. The summed E-state index contributed by atoms with van der Waals surface area (Å²) in [7, 11) is 0. The van der Waals surface area contributed by atoms with Crippen molar-refractivity contribution < 1.29 is 31.5 Å². The number of ether oxygens (including phenoxy) is 1. The van der Waals surface area contributed by atoms with E-state index >= 15 is 0 Å². The molecule has 1 aliphatic carbocycles. The summed E-state index contributed by atoms with van der Waals surface area (Å²) in [4.78, 5) is 36.0. The van der Waals surface area contributed by atoms with E-state index in [1.807, 2.05) is 19.1 Å². The molecular formula is C28H27F5N8O2. The number of aromatic amines is 1. The molecule has 10 nitrogen and oxygen atoms in total. The normalized spacial score (nSPS) is 19.3. The number of nitrogens with zero attached hydrogens (tertiary/aromatic N) is 6. The number of imidazole rings is 1. The number of carbonyl (C=O) groups excluding carboxylic acids is 1. The van der Waals surface area contributed by atoms with Crippen LogP contribution in [-0.4, -0.2) is 85.5 Å². The number of hydrogen-bond acceptors (Lipinski definition) is 8. The van der Waals surface area contributed by atoms with Crippen LogP contribution in [0.1, 0.15) is 24.9 Å². The van der Waals surface area contributed by atoms with Gasteiger partial charge in [-0.05, 0) is 36.8 Å². The van der Waals surface area contributed by atoms with Crippen LogP contribution in [0.2, 0.25) is 0 Å². The van der Waals surface area contributed by atoms with Crippen molar-refractivity contribution in [2.45, 2.75) is 31.5 Å². The molecule has 1 amide bonds. The van der Waals surface area contributed by atoms with Gasteiger partial charge in [-0.1, -0.05) is 6.07 Å². The quantitative estimate of drug-likeness (QED) is 0.272. The first kappa shape index (κ1) is 28.7. The summed E-state index contributed by atoms with van der Waals surface area (Å²) in [5.41, 5.74) is 3.31. The number of hydrogen-bond donors (Lipinski definition) is 2. The van der Waals surface area contributed by atoms with Gasteiger partial charge in [0.15, 0.2) is 6.61 Å². The lowest BCUT2D eigenvalue weighted by Gasteiger charge is -2.38. The Bertz CT molecular complexity index is 1640. The molecule has 2 N–H and O–H groups in total. The third-order valence-corrected chi connectivity index (χ3v) is 7.61. The third kappa shape index (κ3) is 6.50. The highest BCUT2D eigenvalue weighted by Gasteiger charge is 2.62. The average Bonchev–Trinajstić information content (AvgIpc) is 3.44. The maximum Gasteiger partial charge on any atom is 0.422 e. The first-order valence-corrected chi connectivity index (χ1v) is 13.6. The molecule has 43 heavy (non-hydrogen) atoms. The maximum absolute atomic E-state index is 13.3. The Morgan fingerprint density at radius 2 is 1.88 bits per heavy atom. The number of fused-ring (bicyclic) bond motifs is 1. The van der Waals surface area contributed by atoms with Crippen LogP contribution in [0.25, 0.3) is 22.3 Å². The number of pyridine rings is 1. The minimum absolute atomic E-state index is 0.000681. The highest BCUT2D eigenvalue weighted by atomic mass is 19.4. The van der Waals surface area contributed by atoms with Crippen molar-refractivity contribution in [1.29, 1.82) is 0 Å². The van der Waals surface area contributed by atoms with Crippen molar-refractivity contribution in [2.24, 2.45) is 5.92 Å². The van der Waals surface area contributed by atoms with Crippen molar-refractivity contribution >= 4 is 28.7 Å². The fourth-order valence-electron chi connectivity index (χ4n) is 5.10. The van der Waals surface area contributed by atoms with Crippen LogP contribution in [0.3, 0.4) is 0 Å². The molecule has 3 aromatic heterocycles. The fourth-order valence-corrected chi connectivity index (χ4v) is 5.10. The molecule has 226 valence electrons. The van der Waals surface area contributed by atoms with Crippen LogP contribution in [0.4, 0.5) is 33.7 Å². The number of nitrogens with one attached hydrogen (secondary N) is 2. The number of benzene rings is 1. The number of amides is 1. The monoisotopic (exact) mass is 602 g/mol. The van der Waals surface area contributed by atoms with E-state index < -0.39 is 30.5 Å². The van der Waals surface area contributed by atoms with Gasteiger partial charge in [0.05, 0.1) is 16.7 Å². The van der Waals surface area contributed by atoms with Crippen LogP contribution < -0.4 is 10.1 Å². The molecule has 15 heteroatoms. The van der Waals surface area contributed by atoms with Gasteiger partial charge >= 0.3 is 6.18 Å². The summed E-state index contributed by atoms with van der Waals surface area (Å²) in [6, 6.07) is 10.4. The lowest BCUT2D eigenvalue weighted by atomic mass is 10.1. The number of rotatable bonds is 8.